The molecule has 0 aromatic carbocycles. The van der Waals surface area contributed by atoms with Gasteiger partial charge in [-0.2, -0.15) is 16.9 Å². The van der Waals surface area contributed by atoms with Crippen LogP contribution in [0.15, 0.2) is 12.4 Å². The van der Waals surface area contributed by atoms with Crippen molar-refractivity contribution < 1.29 is 4.79 Å². The van der Waals surface area contributed by atoms with Crippen molar-refractivity contribution in [3.63, 3.8) is 0 Å². The summed E-state index contributed by atoms with van der Waals surface area (Å²) in [5, 5.41) is 4.60. The monoisotopic (exact) mass is 268 g/mol. The zero-order valence-electron chi connectivity index (χ0n) is 10.9. The van der Waals surface area contributed by atoms with E-state index in [0.717, 1.165) is 30.8 Å². The molecule has 5 nitrogen and oxygen atoms in total. The maximum absolute atomic E-state index is 12.3. The van der Waals surface area contributed by atoms with Crippen molar-refractivity contribution in [2.24, 2.45) is 12.8 Å². The van der Waals surface area contributed by atoms with Crippen LogP contribution >= 0.6 is 11.8 Å². The summed E-state index contributed by atoms with van der Waals surface area (Å²) in [7, 11) is 1.82. The van der Waals surface area contributed by atoms with Crippen LogP contribution in [0.3, 0.4) is 0 Å². The molecule has 0 saturated carbocycles. The van der Waals surface area contributed by atoms with Crippen LogP contribution in [0.5, 0.6) is 0 Å². The Hall–Kier alpha value is -1.01. The number of carbonyl (C=O) groups is 1. The molecule has 0 spiro atoms. The summed E-state index contributed by atoms with van der Waals surface area (Å²) in [5.41, 5.74) is 6.80. The Labute approximate surface area is 112 Å². The molecule has 2 N–H and O–H groups in total. The lowest BCUT2D eigenvalue weighted by atomic mass is 10.1. The number of nitrogens with two attached hydrogens (primary N) is 1. The first-order valence-corrected chi connectivity index (χ1v) is 7.31. The molecular weight excluding hydrogens is 248 g/mol. The molecule has 6 heteroatoms. The Morgan fingerprint density at radius 3 is 3.11 bits per heavy atom. The number of amides is 1. The molecule has 1 amide bonds. The predicted octanol–water partition coefficient (Wildman–Crippen LogP) is 0.774. The zero-order valence-corrected chi connectivity index (χ0v) is 11.7. The van der Waals surface area contributed by atoms with E-state index in [9.17, 15) is 4.79 Å². The van der Waals surface area contributed by atoms with Crippen LogP contribution < -0.4 is 5.73 Å². The smallest absolute Gasteiger partial charge is 0.244 e. The van der Waals surface area contributed by atoms with E-state index < -0.39 is 6.04 Å². The average molecular weight is 268 g/mol. The lowest BCUT2D eigenvalue weighted by molar-refractivity contribution is -0.132. The molecule has 1 saturated heterocycles. The van der Waals surface area contributed by atoms with Crippen LogP contribution in [-0.4, -0.2) is 44.7 Å². The molecule has 2 rings (SSSR count). The topological polar surface area (TPSA) is 64.2 Å². The molecule has 2 atom stereocenters. The Bertz CT molecular complexity index is 420. The predicted molar refractivity (Wildman–Crippen MR) is 73.3 cm³/mol. The van der Waals surface area contributed by atoms with Gasteiger partial charge in [0.1, 0.15) is 6.04 Å². The second-order valence-corrected chi connectivity index (χ2v) is 6.02. The van der Waals surface area contributed by atoms with Gasteiger partial charge in [-0.3, -0.25) is 9.48 Å². The maximum atomic E-state index is 12.3. The lowest BCUT2D eigenvalue weighted by Crippen LogP contribution is -2.45. The van der Waals surface area contributed by atoms with Gasteiger partial charge in [-0.15, -0.1) is 0 Å². The van der Waals surface area contributed by atoms with Crippen molar-refractivity contribution in [2.45, 2.75) is 24.6 Å². The Morgan fingerprint density at radius 1 is 1.72 bits per heavy atom. The van der Waals surface area contributed by atoms with Crippen molar-refractivity contribution in [3.05, 3.63) is 18.0 Å². The van der Waals surface area contributed by atoms with Gasteiger partial charge in [0, 0.05) is 42.9 Å². The number of hydrogen-bond donors (Lipinski definition) is 1. The van der Waals surface area contributed by atoms with E-state index in [-0.39, 0.29) is 5.91 Å². The summed E-state index contributed by atoms with van der Waals surface area (Å²) in [6.45, 7) is 3.77. The first-order valence-electron chi connectivity index (χ1n) is 6.26. The third-order valence-electron chi connectivity index (χ3n) is 3.26. The van der Waals surface area contributed by atoms with Crippen molar-refractivity contribution in [3.8, 4) is 0 Å². The van der Waals surface area contributed by atoms with Gasteiger partial charge in [0.05, 0.1) is 6.20 Å². The second kappa shape index (κ2) is 5.75. The summed E-state index contributed by atoms with van der Waals surface area (Å²) in [5.74, 6) is 1.02. The Morgan fingerprint density at radius 2 is 2.50 bits per heavy atom. The second-order valence-electron chi connectivity index (χ2n) is 4.61. The van der Waals surface area contributed by atoms with Gasteiger partial charge in [-0.05, 0) is 6.42 Å². The van der Waals surface area contributed by atoms with Crippen molar-refractivity contribution in [2.75, 3.05) is 18.8 Å². The molecule has 18 heavy (non-hydrogen) atoms. The zero-order chi connectivity index (χ0) is 13.1. The number of rotatable bonds is 3. The molecule has 1 fully saturated rings. The number of aryl methyl sites for hydroxylation is 1. The molecule has 1 aromatic heterocycles. The molecule has 0 bridgehead atoms. The summed E-state index contributed by atoms with van der Waals surface area (Å²) in [6, 6.07) is -0.584. The quantitative estimate of drug-likeness (QED) is 0.879. The van der Waals surface area contributed by atoms with E-state index >= 15 is 0 Å². The third-order valence-corrected chi connectivity index (χ3v) is 4.63. The Kier molecular flexibility index (Phi) is 4.29. The van der Waals surface area contributed by atoms with E-state index in [1.54, 1.807) is 17.1 Å². The fourth-order valence-electron chi connectivity index (χ4n) is 2.11. The standard InChI is InChI=1S/C12H20N4OS/c1-3-10-8-16(4-5-18-10)12(17)11(13)9-6-14-15(2)7-9/h6-7,10-11H,3-5,8,13H2,1-2H3. The van der Waals surface area contributed by atoms with Crippen LogP contribution in [-0.2, 0) is 11.8 Å². The molecule has 1 aliphatic heterocycles. The molecule has 2 heterocycles. The third kappa shape index (κ3) is 2.87. The summed E-state index contributed by atoms with van der Waals surface area (Å²) in [6.07, 6.45) is 4.56. The highest BCUT2D eigenvalue weighted by molar-refractivity contribution is 8.00. The summed E-state index contributed by atoms with van der Waals surface area (Å²) >= 11 is 1.94. The molecule has 1 aromatic rings. The summed E-state index contributed by atoms with van der Waals surface area (Å²) in [4.78, 5) is 14.2. The van der Waals surface area contributed by atoms with Gasteiger partial charge in [0.2, 0.25) is 5.91 Å². The van der Waals surface area contributed by atoms with Gasteiger partial charge < -0.3 is 10.6 Å². The number of aromatic nitrogens is 2. The van der Waals surface area contributed by atoms with Crippen LogP contribution in [0.4, 0.5) is 0 Å². The number of nitrogens with zero attached hydrogens (tertiary/aromatic N) is 3. The van der Waals surface area contributed by atoms with Crippen LogP contribution in [0, 0.1) is 0 Å². The number of thioether (sulfide) groups is 1. The van der Waals surface area contributed by atoms with Crippen molar-refractivity contribution in [1.29, 1.82) is 0 Å². The Balaban J connectivity index is 2.02. The minimum absolute atomic E-state index is 0.0155. The van der Waals surface area contributed by atoms with Crippen LogP contribution in [0.1, 0.15) is 24.9 Å². The fourth-order valence-corrected chi connectivity index (χ4v) is 3.29. The normalized spacial score (nSPS) is 21.9. The maximum Gasteiger partial charge on any atom is 0.244 e. The van der Waals surface area contributed by atoms with Gasteiger partial charge in [-0.1, -0.05) is 6.92 Å². The van der Waals surface area contributed by atoms with Crippen molar-refractivity contribution in [1.82, 2.24) is 14.7 Å². The highest BCUT2D eigenvalue weighted by atomic mass is 32.2. The molecule has 0 aliphatic carbocycles. The minimum Gasteiger partial charge on any atom is -0.339 e. The molecule has 100 valence electrons. The highest BCUT2D eigenvalue weighted by Crippen LogP contribution is 2.23. The fraction of sp³-hybridized carbons (Fsp3) is 0.667. The van der Waals surface area contributed by atoms with E-state index in [4.69, 9.17) is 5.73 Å². The number of hydrogen-bond acceptors (Lipinski definition) is 4. The minimum atomic E-state index is -0.584. The molecule has 1 aliphatic rings. The van der Waals surface area contributed by atoms with Gasteiger partial charge in [-0.25, -0.2) is 0 Å². The van der Waals surface area contributed by atoms with E-state index in [0.29, 0.717) is 5.25 Å². The average Bonchev–Trinajstić information content (AvgIpc) is 2.83. The van der Waals surface area contributed by atoms with Crippen molar-refractivity contribution >= 4 is 17.7 Å². The highest BCUT2D eigenvalue weighted by Gasteiger charge is 2.27. The largest absolute Gasteiger partial charge is 0.339 e. The van der Waals surface area contributed by atoms with Gasteiger partial charge in [0.25, 0.3) is 0 Å². The van der Waals surface area contributed by atoms with Crippen LogP contribution in [0.2, 0.25) is 0 Å². The molecule has 2 unspecified atom stereocenters. The van der Waals surface area contributed by atoms with E-state index in [2.05, 4.69) is 12.0 Å². The van der Waals surface area contributed by atoms with E-state index in [1.165, 1.54) is 0 Å². The molecule has 0 radical (unpaired) electrons. The molecular formula is C12H20N4OS. The van der Waals surface area contributed by atoms with Gasteiger partial charge in [0.15, 0.2) is 0 Å². The van der Waals surface area contributed by atoms with E-state index in [1.807, 2.05) is 23.7 Å². The number of carbonyl (C=O) groups excluding carboxylic acids is 1. The SMILES string of the molecule is CCC1CN(C(=O)C(N)c2cnn(C)c2)CCS1. The first kappa shape index (κ1) is 13.4. The van der Waals surface area contributed by atoms with Crippen LogP contribution in [0.25, 0.3) is 0 Å². The van der Waals surface area contributed by atoms with Gasteiger partial charge >= 0.3 is 0 Å². The first-order chi connectivity index (χ1) is 8.61. The summed E-state index contributed by atoms with van der Waals surface area (Å²) < 4.78 is 1.67. The lowest BCUT2D eigenvalue weighted by Gasteiger charge is -2.33.